The van der Waals surface area contributed by atoms with Gasteiger partial charge in [0.1, 0.15) is 0 Å². The molecule has 11 heavy (non-hydrogen) atoms. The van der Waals surface area contributed by atoms with Gasteiger partial charge in [0, 0.05) is 6.08 Å². The maximum atomic E-state index is 9.95. The summed E-state index contributed by atoms with van der Waals surface area (Å²) in [5, 5.41) is 8.18. The number of rotatable bonds is 4. The van der Waals surface area contributed by atoms with E-state index >= 15 is 0 Å². The smallest absolute Gasteiger partial charge is 0.328 e. The number of aliphatic carboxylic acids is 1. The van der Waals surface area contributed by atoms with Crippen LogP contribution in [-0.4, -0.2) is 11.1 Å². The third kappa shape index (κ3) is 8.69. The zero-order valence-electron chi connectivity index (χ0n) is 6.53. The molecule has 1 N–H and O–H groups in total. The van der Waals surface area contributed by atoms with Crippen molar-refractivity contribution in [3.05, 3.63) is 36.5 Å². The highest BCUT2D eigenvalue weighted by Gasteiger charge is 1.78. The van der Waals surface area contributed by atoms with Crippen LogP contribution in [-0.2, 0) is 4.79 Å². The van der Waals surface area contributed by atoms with Gasteiger partial charge in [0.25, 0.3) is 0 Å². The van der Waals surface area contributed by atoms with Gasteiger partial charge in [0.2, 0.25) is 0 Å². The molecule has 0 rings (SSSR count). The van der Waals surface area contributed by atoms with Crippen LogP contribution in [0.1, 0.15) is 13.3 Å². The SMILES string of the molecule is CC/C=C/C=C/C=C/C(=O)O. The summed E-state index contributed by atoms with van der Waals surface area (Å²) in [7, 11) is 0. The fraction of sp³-hybridized carbons (Fsp3) is 0.222. The molecular weight excluding hydrogens is 140 g/mol. The summed E-state index contributed by atoms with van der Waals surface area (Å²) >= 11 is 0. The van der Waals surface area contributed by atoms with Gasteiger partial charge in [-0.05, 0) is 6.42 Å². The third-order valence-electron chi connectivity index (χ3n) is 0.944. The van der Waals surface area contributed by atoms with Gasteiger partial charge >= 0.3 is 5.97 Å². The molecule has 0 saturated carbocycles. The molecule has 0 fully saturated rings. The molecule has 60 valence electrons. The number of allylic oxidation sites excluding steroid dienone is 5. The summed E-state index contributed by atoms with van der Waals surface area (Å²) in [5.74, 6) is -0.922. The molecule has 0 heterocycles. The lowest BCUT2D eigenvalue weighted by molar-refractivity contribution is -0.131. The number of carbonyl (C=O) groups is 1. The van der Waals surface area contributed by atoms with Crippen LogP contribution in [0.25, 0.3) is 0 Å². The van der Waals surface area contributed by atoms with Gasteiger partial charge in [-0.3, -0.25) is 0 Å². The second-order valence-corrected chi connectivity index (χ2v) is 1.92. The Morgan fingerprint density at radius 2 is 1.91 bits per heavy atom. The van der Waals surface area contributed by atoms with Crippen molar-refractivity contribution in [3.8, 4) is 0 Å². The Labute approximate surface area is 66.5 Å². The second kappa shape index (κ2) is 6.81. The first-order valence-electron chi connectivity index (χ1n) is 3.50. The molecule has 0 aromatic heterocycles. The maximum Gasteiger partial charge on any atom is 0.328 e. The molecule has 0 amide bonds. The van der Waals surface area contributed by atoms with Crippen LogP contribution in [0.15, 0.2) is 36.5 Å². The molecule has 0 atom stereocenters. The summed E-state index contributed by atoms with van der Waals surface area (Å²) < 4.78 is 0. The fourth-order valence-electron chi connectivity index (χ4n) is 0.481. The van der Waals surface area contributed by atoms with Crippen molar-refractivity contribution < 1.29 is 9.90 Å². The predicted molar refractivity (Wildman–Crippen MR) is 45.3 cm³/mol. The summed E-state index contributed by atoms with van der Waals surface area (Å²) in [6, 6.07) is 0. The normalized spacial score (nSPS) is 12.1. The molecule has 2 heteroatoms. The number of carboxylic acids is 1. The average molecular weight is 152 g/mol. The molecule has 0 aromatic carbocycles. The average Bonchev–Trinajstić information content (AvgIpc) is 1.96. The quantitative estimate of drug-likeness (QED) is 0.495. The number of hydrogen-bond donors (Lipinski definition) is 1. The van der Waals surface area contributed by atoms with Crippen molar-refractivity contribution in [2.45, 2.75) is 13.3 Å². The van der Waals surface area contributed by atoms with Crippen LogP contribution >= 0.6 is 0 Å². The van der Waals surface area contributed by atoms with Gasteiger partial charge in [-0.2, -0.15) is 0 Å². The Hall–Kier alpha value is -1.31. The lowest BCUT2D eigenvalue weighted by Gasteiger charge is -1.75. The first kappa shape index (κ1) is 9.69. The molecule has 2 nitrogen and oxygen atoms in total. The molecule has 0 saturated heterocycles. The second-order valence-electron chi connectivity index (χ2n) is 1.92. The summed E-state index contributed by atoms with van der Waals surface area (Å²) in [6.45, 7) is 2.04. The standard InChI is InChI=1S/C9H12O2/c1-2-3-4-5-6-7-8-9(10)11/h3-8H,2H2,1H3,(H,10,11)/b4-3+,6-5+,8-7+. The first-order valence-corrected chi connectivity index (χ1v) is 3.50. The third-order valence-corrected chi connectivity index (χ3v) is 0.944. The Kier molecular flexibility index (Phi) is 5.99. The molecular formula is C9H12O2. The minimum atomic E-state index is -0.922. The molecule has 0 radical (unpaired) electrons. The molecule has 0 aliphatic heterocycles. The highest BCUT2D eigenvalue weighted by Crippen LogP contribution is 1.82. The van der Waals surface area contributed by atoms with Gasteiger partial charge in [-0.1, -0.05) is 37.3 Å². The van der Waals surface area contributed by atoms with Gasteiger partial charge in [-0.15, -0.1) is 0 Å². The van der Waals surface area contributed by atoms with Crippen LogP contribution in [0, 0.1) is 0 Å². The molecule has 0 bridgehead atoms. The van der Waals surface area contributed by atoms with Gasteiger partial charge in [0.15, 0.2) is 0 Å². The van der Waals surface area contributed by atoms with Crippen molar-refractivity contribution in [1.29, 1.82) is 0 Å². The number of hydrogen-bond acceptors (Lipinski definition) is 1. The minimum Gasteiger partial charge on any atom is -0.478 e. The molecule has 0 aromatic rings. The Balaban J connectivity index is 3.60. The van der Waals surface area contributed by atoms with E-state index in [0.717, 1.165) is 12.5 Å². The largest absolute Gasteiger partial charge is 0.478 e. The zero-order valence-corrected chi connectivity index (χ0v) is 6.53. The highest BCUT2D eigenvalue weighted by atomic mass is 16.4. The van der Waals surface area contributed by atoms with Gasteiger partial charge in [-0.25, -0.2) is 4.79 Å². The van der Waals surface area contributed by atoms with Crippen LogP contribution < -0.4 is 0 Å². The fourth-order valence-corrected chi connectivity index (χ4v) is 0.481. The van der Waals surface area contributed by atoms with Crippen LogP contribution in [0.2, 0.25) is 0 Å². The predicted octanol–water partition coefficient (Wildman–Crippen LogP) is 2.15. The van der Waals surface area contributed by atoms with Crippen LogP contribution in [0.3, 0.4) is 0 Å². The van der Waals surface area contributed by atoms with E-state index in [-0.39, 0.29) is 0 Å². The highest BCUT2D eigenvalue weighted by molar-refractivity contribution is 5.80. The summed E-state index contributed by atoms with van der Waals surface area (Å²) in [5.41, 5.74) is 0. The molecule has 0 spiro atoms. The number of carboxylic acid groups (broad SMARTS) is 1. The van der Waals surface area contributed by atoms with E-state index in [0.29, 0.717) is 0 Å². The minimum absolute atomic E-state index is 0.922. The van der Waals surface area contributed by atoms with Crippen molar-refractivity contribution >= 4 is 5.97 Å². The monoisotopic (exact) mass is 152 g/mol. The van der Waals surface area contributed by atoms with Crippen LogP contribution in [0.5, 0.6) is 0 Å². The van der Waals surface area contributed by atoms with Crippen molar-refractivity contribution in [2.75, 3.05) is 0 Å². The van der Waals surface area contributed by atoms with E-state index < -0.39 is 5.97 Å². The van der Waals surface area contributed by atoms with E-state index in [9.17, 15) is 4.79 Å². The first-order chi connectivity index (χ1) is 5.27. The van der Waals surface area contributed by atoms with Crippen LogP contribution in [0.4, 0.5) is 0 Å². The molecule has 0 aliphatic rings. The lowest BCUT2D eigenvalue weighted by atomic mass is 10.3. The van der Waals surface area contributed by atoms with E-state index in [1.165, 1.54) is 6.08 Å². The van der Waals surface area contributed by atoms with E-state index in [4.69, 9.17) is 5.11 Å². The Morgan fingerprint density at radius 1 is 1.27 bits per heavy atom. The van der Waals surface area contributed by atoms with E-state index in [2.05, 4.69) is 0 Å². The zero-order chi connectivity index (χ0) is 8.53. The molecule has 0 aliphatic carbocycles. The lowest BCUT2D eigenvalue weighted by Crippen LogP contribution is -1.84. The maximum absolute atomic E-state index is 9.95. The molecule has 0 unspecified atom stereocenters. The van der Waals surface area contributed by atoms with Gasteiger partial charge < -0.3 is 5.11 Å². The van der Waals surface area contributed by atoms with E-state index in [1.807, 2.05) is 19.1 Å². The summed E-state index contributed by atoms with van der Waals surface area (Å²) in [6.07, 6.45) is 10.9. The van der Waals surface area contributed by atoms with Crippen molar-refractivity contribution in [1.82, 2.24) is 0 Å². The Morgan fingerprint density at radius 3 is 2.45 bits per heavy atom. The topological polar surface area (TPSA) is 37.3 Å². The van der Waals surface area contributed by atoms with Crippen molar-refractivity contribution in [3.63, 3.8) is 0 Å². The summed E-state index contributed by atoms with van der Waals surface area (Å²) in [4.78, 5) is 9.95. The van der Waals surface area contributed by atoms with Crippen molar-refractivity contribution in [2.24, 2.45) is 0 Å². The van der Waals surface area contributed by atoms with E-state index in [1.54, 1.807) is 12.2 Å². The Bertz CT molecular complexity index is 188. The van der Waals surface area contributed by atoms with Gasteiger partial charge in [0.05, 0.1) is 0 Å².